The number of hydrogen-bond donors (Lipinski definition) is 0. The van der Waals surface area contributed by atoms with E-state index in [0.29, 0.717) is 0 Å². The van der Waals surface area contributed by atoms with Gasteiger partial charge in [0.2, 0.25) is 0 Å². The number of hydrogen-bond acceptors (Lipinski definition) is 9. The van der Waals surface area contributed by atoms with Crippen molar-refractivity contribution in [2.45, 2.75) is 19.6 Å². The van der Waals surface area contributed by atoms with Gasteiger partial charge >= 0.3 is 20.2 Å². The molecule has 1 aliphatic rings. The maximum Gasteiger partial charge on any atom is 0.313 e. The van der Waals surface area contributed by atoms with Crippen LogP contribution in [0.4, 0.5) is 0 Å². The molecule has 1 atom stereocenters. The molecule has 0 aliphatic carbocycles. The topological polar surface area (TPSA) is 152 Å². The van der Waals surface area contributed by atoms with Crippen molar-refractivity contribution in [3.8, 4) is 11.1 Å². The summed E-state index contributed by atoms with van der Waals surface area (Å²) in [7, 11) is -12.8. The van der Waals surface area contributed by atoms with Gasteiger partial charge in [0.1, 0.15) is 9.79 Å². The molecule has 3 rings (SSSR count). The zero-order valence-electron chi connectivity index (χ0n) is 12.8. The van der Waals surface area contributed by atoms with Crippen LogP contribution >= 0.6 is 0 Å². The van der Waals surface area contributed by atoms with Crippen LogP contribution in [0.5, 0.6) is 0 Å². The van der Waals surface area contributed by atoms with Gasteiger partial charge in [-0.3, -0.25) is 4.21 Å². The molecular weight excluding hydrogens is 428 g/mol. The highest BCUT2D eigenvalue weighted by atomic mass is 32.3. The first kappa shape index (κ1) is 19.1. The maximum absolute atomic E-state index is 11.8. The third-order valence-electron chi connectivity index (χ3n) is 3.52. The molecule has 13 heteroatoms. The fourth-order valence-electron chi connectivity index (χ4n) is 2.40. The molecule has 1 aliphatic heterocycles. The molecule has 2 aromatic rings. The van der Waals surface area contributed by atoms with E-state index >= 15 is 0 Å². The van der Waals surface area contributed by atoms with Gasteiger partial charge in [0.05, 0.1) is 4.90 Å². The second-order valence-electron chi connectivity index (χ2n) is 5.31. The van der Waals surface area contributed by atoms with Gasteiger partial charge in [0.25, 0.3) is 0 Å². The Morgan fingerprint density at radius 3 is 2.04 bits per heavy atom. The lowest BCUT2D eigenvalue weighted by molar-refractivity contribution is 0.475. The summed E-state index contributed by atoms with van der Waals surface area (Å²) in [5, 5.41) is 0. The minimum Gasteiger partial charge on any atom is -0.768 e. The van der Waals surface area contributed by atoms with Crippen LogP contribution in [0.1, 0.15) is 0 Å². The van der Waals surface area contributed by atoms with Crippen LogP contribution in [0.2, 0.25) is 0 Å². The van der Waals surface area contributed by atoms with Crippen molar-refractivity contribution in [2.75, 3.05) is 6.26 Å². The highest BCUT2D eigenvalue weighted by Crippen LogP contribution is 2.37. The van der Waals surface area contributed by atoms with Crippen LogP contribution < -0.4 is 0 Å². The molecule has 0 fully saturated rings. The maximum atomic E-state index is 11.8. The number of fused-ring (bicyclic) bond motifs is 1. The van der Waals surface area contributed by atoms with Crippen LogP contribution in [0.25, 0.3) is 11.1 Å². The van der Waals surface area contributed by atoms with Crippen LogP contribution in [-0.4, -0.2) is 40.3 Å². The summed E-state index contributed by atoms with van der Waals surface area (Å²) in [6, 6.07) is 6.70. The molecule has 0 radical (unpaired) electrons. The summed E-state index contributed by atoms with van der Waals surface area (Å²) in [4.78, 5) is -2.00. The highest BCUT2D eigenvalue weighted by Gasteiger charge is 2.40. The lowest BCUT2D eigenvalue weighted by Gasteiger charge is -2.12. The van der Waals surface area contributed by atoms with Crippen LogP contribution in [0.15, 0.2) is 56.0 Å². The quantitative estimate of drug-likeness (QED) is 0.621. The molecule has 0 spiro atoms. The van der Waals surface area contributed by atoms with Crippen molar-refractivity contribution in [1.29, 1.82) is 0 Å². The van der Waals surface area contributed by atoms with E-state index in [1.54, 1.807) is 0 Å². The monoisotopic (exact) mass is 437 g/mol. The zero-order valence-corrected chi connectivity index (χ0v) is 16.0. The third-order valence-corrected chi connectivity index (χ3v) is 8.83. The van der Waals surface area contributed by atoms with Crippen molar-refractivity contribution in [3.05, 3.63) is 36.4 Å². The van der Waals surface area contributed by atoms with E-state index in [0.717, 1.165) is 30.5 Å². The first-order valence-corrected chi connectivity index (χ1v) is 12.4. The molecule has 0 N–H and O–H groups in total. The Labute approximate surface area is 152 Å². The summed E-state index contributed by atoms with van der Waals surface area (Å²) < 4.78 is 97.2. The lowest BCUT2D eigenvalue weighted by atomic mass is 10.1. The summed E-state index contributed by atoms with van der Waals surface area (Å²) in [6.45, 7) is 0. The smallest absolute Gasteiger partial charge is 0.313 e. The second kappa shape index (κ2) is 5.94. The van der Waals surface area contributed by atoms with Crippen molar-refractivity contribution >= 4 is 41.2 Å². The molecule has 0 aromatic heterocycles. The number of rotatable bonds is 3. The van der Waals surface area contributed by atoms with Gasteiger partial charge in [-0.1, -0.05) is 12.1 Å². The van der Waals surface area contributed by atoms with Crippen molar-refractivity contribution in [1.82, 2.24) is 0 Å². The van der Waals surface area contributed by atoms with E-state index in [4.69, 9.17) is 0 Å². The Balaban J connectivity index is 2.26. The van der Waals surface area contributed by atoms with Gasteiger partial charge in [0.15, 0.2) is 9.84 Å². The first-order chi connectivity index (χ1) is 11.8. The third kappa shape index (κ3) is 3.21. The normalized spacial score (nSPS) is 19.0. The average molecular weight is 437 g/mol. The zero-order chi connectivity index (χ0) is 19.5. The Hall–Kier alpha value is -1.64. The van der Waals surface area contributed by atoms with E-state index in [1.807, 2.05) is 0 Å². The first-order valence-electron chi connectivity index (χ1n) is 6.62. The van der Waals surface area contributed by atoms with Crippen LogP contribution in [0.3, 0.4) is 0 Å². The Bertz CT molecular complexity index is 1270. The number of benzene rings is 2. The second-order valence-corrected chi connectivity index (χ2v) is 11.4. The Morgan fingerprint density at radius 1 is 0.923 bits per heavy atom. The largest absolute Gasteiger partial charge is 0.768 e. The molecule has 2 aromatic carbocycles. The van der Waals surface area contributed by atoms with E-state index in [9.17, 15) is 34.0 Å². The Morgan fingerprint density at radius 2 is 1.46 bits per heavy atom. The molecule has 0 saturated heterocycles. The predicted octanol–water partition coefficient (Wildman–Crippen LogP) is 0.403. The fourth-order valence-corrected chi connectivity index (χ4v) is 7.50. The summed E-state index contributed by atoms with van der Waals surface area (Å²) >= 11 is -2.80. The van der Waals surface area contributed by atoms with E-state index in [-0.39, 0.29) is 11.1 Å². The van der Waals surface area contributed by atoms with Gasteiger partial charge < -0.3 is 4.55 Å². The molecule has 1 heterocycles. The van der Waals surface area contributed by atoms with Gasteiger partial charge in [-0.25, -0.2) is 8.42 Å². The minimum absolute atomic E-state index is 0.168. The van der Waals surface area contributed by atoms with Gasteiger partial charge in [-0.05, 0) is 46.5 Å². The minimum atomic E-state index is -4.51. The predicted molar refractivity (Wildman–Crippen MR) is 87.6 cm³/mol. The van der Waals surface area contributed by atoms with E-state index in [2.05, 4.69) is 3.63 Å². The summed E-state index contributed by atoms with van der Waals surface area (Å²) in [5.41, 5.74) is 0.350. The molecule has 0 bridgehead atoms. The summed E-state index contributed by atoms with van der Waals surface area (Å²) in [5.74, 6) is 0. The molecule has 0 saturated carbocycles. The van der Waals surface area contributed by atoms with E-state index in [1.165, 1.54) is 12.1 Å². The molecule has 140 valence electrons. The highest BCUT2D eigenvalue weighted by molar-refractivity contribution is 8.02. The molecule has 9 nitrogen and oxygen atoms in total. The van der Waals surface area contributed by atoms with E-state index < -0.39 is 60.7 Å². The van der Waals surface area contributed by atoms with Gasteiger partial charge in [-0.15, -0.1) is 3.63 Å². The standard InChI is InChI=1S/C13H10O9S4/c1-24(16,17)12-6-8(2-4-10(12)23(14)15)9-3-5-11-13(7-9)26(20,21)22-25(11,18)19/h2-7H,1H3,(H,14,15)/p-1. The SMILES string of the molecule is CS(=O)(=O)c1cc(-c2ccc3c(c2)S(=O)(=O)OS3(=O)=O)ccc1S(=O)[O-]. The molecule has 0 amide bonds. The van der Waals surface area contributed by atoms with Crippen molar-refractivity contribution in [2.24, 2.45) is 0 Å². The summed E-state index contributed by atoms with van der Waals surface area (Å²) in [6.07, 6.45) is 0.829. The number of sulfone groups is 1. The van der Waals surface area contributed by atoms with Crippen molar-refractivity contribution in [3.63, 3.8) is 0 Å². The van der Waals surface area contributed by atoms with Gasteiger partial charge in [0, 0.05) is 11.2 Å². The lowest BCUT2D eigenvalue weighted by Crippen LogP contribution is -2.04. The van der Waals surface area contributed by atoms with Crippen LogP contribution in [-0.2, 0) is 44.8 Å². The molecular formula is C13H9O9S4-. The van der Waals surface area contributed by atoms with Crippen molar-refractivity contribution < 1.29 is 37.6 Å². The average Bonchev–Trinajstić information content (AvgIpc) is 2.70. The van der Waals surface area contributed by atoms with Gasteiger partial charge in [-0.2, -0.15) is 16.8 Å². The van der Waals surface area contributed by atoms with Crippen LogP contribution in [0, 0.1) is 0 Å². The fraction of sp³-hybridized carbons (Fsp3) is 0.0769. The Kier molecular flexibility index (Phi) is 4.37. The molecule has 1 unspecified atom stereocenters. The molecule has 26 heavy (non-hydrogen) atoms.